The van der Waals surface area contributed by atoms with Gasteiger partial charge in [0.15, 0.2) is 0 Å². The first-order valence-electron chi connectivity index (χ1n) is 8.32. The summed E-state index contributed by atoms with van der Waals surface area (Å²) in [5, 5.41) is 13.7. The Labute approximate surface area is 128 Å². The van der Waals surface area contributed by atoms with E-state index in [1.54, 1.807) is 0 Å². The van der Waals surface area contributed by atoms with Crippen molar-refractivity contribution in [2.75, 3.05) is 26.7 Å². The third-order valence-corrected chi connectivity index (χ3v) is 5.47. The first kappa shape index (κ1) is 14.9. The van der Waals surface area contributed by atoms with Gasteiger partial charge >= 0.3 is 0 Å². The Morgan fingerprint density at radius 2 is 1.95 bits per heavy atom. The number of nitrogens with zero attached hydrogens (tertiary/aromatic N) is 1. The molecule has 3 heteroatoms. The van der Waals surface area contributed by atoms with Crippen LogP contribution < -0.4 is 5.32 Å². The van der Waals surface area contributed by atoms with E-state index in [4.69, 9.17) is 0 Å². The molecule has 2 aliphatic rings. The minimum atomic E-state index is 0.422. The lowest BCUT2D eigenvalue weighted by atomic mass is 9.94. The molecule has 0 spiro atoms. The summed E-state index contributed by atoms with van der Waals surface area (Å²) in [6.07, 6.45) is 3.70. The number of hydrogen-bond acceptors (Lipinski definition) is 3. The van der Waals surface area contributed by atoms with Crippen molar-refractivity contribution < 1.29 is 5.11 Å². The zero-order chi connectivity index (χ0) is 15.0. The van der Waals surface area contributed by atoms with Crippen LogP contribution in [-0.4, -0.2) is 36.7 Å². The van der Waals surface area contributed by atoms with E-state index in [0.717, 1.165) is 32.0 Å². The summed E-state index contributed by atoms with van der Waals surface area (Å²) in [7, 11) is 2.04. The van der Waals surface area contributed by atoms with Gasteiger partial charge in [-0.25, -0.2) is 0 Å². The molecule has 1 fully saturated rings. The van der Waals surface area contributed by atoms with Gasteiger partial charge in [0.1, 0.15) is 5.75 Å². The van der Waals surface area contributed by atoms with Gasteiger partial charge in [0.25, 0.3) is 0 Å². The quantitative estimate of drug-likeness (QED) is 0.896. The van der Waals surface area contributed by atoms with Crippen LogP contribution in [0.15, 0.2) is 12.1 Å². The average molecular weight is 288 g/mol. The number of phenolic OH excluding ortho intramolecular Hbond substituents is 1. The first-order valence-corrected chi connectivity index (χ1v) is 8.32. The minimum Gasteiger partial charge on any atom is -0.508 e. The average Bonchev–Trinajstić information content (AvgIpc) is 2.83. The largest absolute Gasteiger partial charge is 0.508 e. The maximum Gasteiger partial charge on any atom is 0.120 e. The zero-order valence-electron chi connectivity index (χ0n) is 13.5. The molecule has 0 radical (unpaired) electrons. The fourth-order valence-electron chi connectivity index (χ4n) is 4.40. The zero-order valence-corrected chi connectivity index (χ0v) is 13.5. The normalized spacial score (nSPS) is 27.0. The number of benzene rings is 1. The van der Waals surface area contributed by atoms with Gasteiger partial charge in [-0.3, -0.25) is 4.90 Å². The Balaban J connectivity index is 1.79. The van der Waals surface area contributed by atoms with Crippen molar-refractivity contribution in [1.29, 1.82) is 0 Å². The van der Waals surface area contributed by atoms with E-state index in [2.05, 4.69) is 30.1 Å². The van der Waals surface area contributed by atoms with Crippen molar-refractivity contribution in [2.24, 2.45) is 5.92 Å². The number of likely N-dealkylation sites (tertiary alicyclic amines) is 1. The highest BCUT2D eigenvalue weighted by molar-refractivity contribution is 5.51. The SMILES string of the molecule is CNCC1CCN(C2CC(C)c3c(C)ccc(O)c32)CC1. The summed E-state index contributed by atoms with van der Waals surface area (Å²) >= 11 is 0. The molecule has 1 saturated heterocycles. The second-order valence-electron chi connectivity index (χ2n) is 6.92. The highest BCUT2D eigenvalue weighted by Crippen LogP contribution is 2.49. The predicted molar refractivity (Wildman–Crippen MR) is 86.8 cm³/mol. The fraction of sp³-hybridized carbons (Fsp3) is 0.667. The molecule has 1 aromatic carbocycles. The van der Waals surface area contributed by atoms with E-state index in [1.807, 2.05) is 13.1 Å². The van der Waals surface area contributed by atoms with E-state index in [-0.39, 0.29) is 0 Å². The van der Waals surface area contributed by atoms with Gasteiger partial charge in [-0.2, -0.15) is 0 Å². The summed E-state index contributed by atoms with van der Waals surface area (Å²) in [6.45, 7) is 7.94. The molecular formula is C18H28N2O. The molecule has 0 amide bonds. The van der Waals surface area contributed by atoms with Crippen LogP contribution in [-0.2, 0) is 0 Å². The smallest absolute Gasteiger partial charge is 0.120 e. The summed E-state index contributed by atoms with van der Waals surface area (Å²) in [4.78, 5) is 2.60. The molecule has 21 heavy (non-hydrogen) atoms. The van der Waals surface area contributed by atoms with Crippen LogP contribution in [0.5, 0.6) is 5.75 Å². The van der Waals surface area contributed by atoms with Gasteiger partial charge in [0.2, 0.25) is 0 Å². The van der Waals surface area contributed by atoms with Crippen molar-refractivity contribution >= 4 is 0 Å². The van der Waals surface area contributed by atoms with Crippen molar-refractivity contribution in [3.05, 3.63) is 28.8 Å². The van der Waals surface area contributed by atoms with Crippen LogP contribution in [0.4, 0.5) is 0 Å². The molecule has 2 atom stereocenters. The van der Waals surface area contributed by atoms with Crippen LogP contribution in [0.2, 0.25) is 0 Å². The predicted octanol–water partition coefficient (Wildman–Crippen LogP) is 3.18. The molecule has 0 aromatic heterocycles. The molecular weight excluding hydrogens is 260 g/mol. The van der Waals surface area contributed by atoms with Gasteiger partial charge in [0.05, 0.1) is 0 Å². The number of rotatable bonds is 3. The Kier molecular flexibility index (Phi) is 4.23. The van der Waals surface area contributed by atoms with Crippen LogP contribution in [0, 0.1) is 12.8 Å². The standard InChI is InChI=1S/C18H28N2O/c1-12-4-5-16(21)18-15(10-13(2)17(12)18)20-8-6-14(7-9-20)11-19-3/h4-5,13-15,19,21H,6-11H2,1-3H3. The van der Waals surface area contributed by atoms with Crippen molar-refractivity contribution in [1.82, 2.24) is 10.2 Å². The molecule has 1 aliphatic heterocycles. The number of piperidine rings is 1. The van der Waals surface area contributed by atoms with Crippen molar-refractivity contribution in [3.8, 4) is 5.75 Å². The number of nitrogens with one attached hydrogen (secondary N) is 1. The molecule has 1 heterocycles. The van der Waals surface area contributed by atoms with E-state index in [1.165, 1.54) is 29.5 Å². The second kappa shape index (κ2) is 5.98. The van der Waals surface area contributed by atoms with E-state index < -0.39 is 0 Å². The summed E-state index contributed by atoms with van der Waals surface area (Å²) in [5.74, 6) is 1.88. The van der Waals surface area contributed by atoms with Crippen molar-refractivity contribution in [3.63, 3.8) is 0 Å². The minimum absolute atomic E-state index is 0.422. The topological polar surface area (TPSA) is 35.5 Å². The van der Waals surface area contributed by atoms with Gasteiger partial charge in [0, 0.05) is 11.6 Å². The molecule has 3 nitrogen and oxygen atoms in total. The number of phenols is 1. The molecule has 3 rings (SSSR count). The third kappa shape index (κ3) is 2.69. The molecule has 2 N–H and O–H groups in total. The first-order chi connectivity index (χ1) is 10.1. The van der Waals surface area contributed by atoms with Crippen LogP contribution >= 0.6 is 0 Å². The lowest BCUT2D eigenvalue weighted by molar-refractivity contribution is 0.128. The molecule has 1 aromatic rings. The fourth-order valence-corrected chi connectivity index (χ4v) is 4.40. The van der Waals surface area contributed by atoms with Crippen molar-refractivity contribution in [2.45, 2.75) is 45.1 Å². The Morgan fingerprint density at radius 1 is 1.24 bits per heavy atom. The Morgan fingerprint density at radius 3 is 2.62 bits per heavy atom. The van der Waals surface area contributed by atoms with Gasteiger partial charge < -0.3 is 10.4 Å². The molecule has 0 saturated carbocycles. The van der Waals surface area contributed by atoms with E-state index in [9.17, 15) is 5.11 Å². The van der Waals surface area contributed by atoms with Gasteiger partial charge in [-0.1, -0.05) is 13.0 Å². The second-order valence-corrected chi connectivity index (χ2v) is 6.92. The molecule has 2 unspecified atom stereocenters. The Hall–Kier alpha value is -1.06. The van der Waals surface area contributed by atoms with Crippen LogP contribution in [0.3, 0.4) is 0 Å². The summed E-state index contributed by atoms with van der Waals surface area (Å²) < 4.78 is 0. The molecule has 0 bridgehead atoms. The molecule has 116 valence electrons. The summed E-state index contributed by atoms with van der Waals surface area (Å²) in [5.41, 5.74) is 3.95. The van der Waals surface area contributed by atoms with E-state index >= 15 is 0 Å². The maximum atomic E-state index is 10.4. The van der Waals surface area contributed by atoms with Crippen LogP contribution in [0.1, 0.15) is 54.8 Å². The maximum absolute atomic E-state index is 10.4. The summed E-state index contributed by atoms with van der Waals surface area (Å²) in [6, 6.07) is 4.37. The highest BCUT2D eigenvalue weighted by Gasteiger charge is 2.36. The number of aryl methyl sites for hydroxylation is 1. The number of aromatic hydroxyl groups is 1. The van der Waals surface area contributed by atoms with E-state index in [0.29, 0.717) is 17.7 Å². The number of hydrogen-bond donors (Lipinski definition) is 2. The van der Waals surface area contributed by atoms with Gasteiger partial charge in [-0.15, -0.1) is 0 Å². The monoisotopic (exact) mass is 288 g/mol. The Bertz CT molecular complexity index is 506. The lowest BCUT2D eigenvalue weighted by Crippen LogP contribution is -2.38. The highest BCUT2D eigenvalue weighted by atomic mass is 16.3. The van der Waals surface area contributed by atoms with Crippen LogP contribution in [0.25, 0.3) is 0 Å². The molecule has 1 aliphatic carbocycles. The third-order valence-electron chi connectivity index (χ3n) is 5.47. The number of fused-ring (bicyclic) bond motifs is 1. The lowest BCUT2D eigenvalue weighted by Gasteiger charge is -2.36. The van der Waals surface area contributed by atoms with Gasteiger partial charge in [-0.05, 0) is 81.9 Å².